The molecule has 31 heavy (non-hydrogen) atoms. The third-order valence-corrected chi connectivity index (χ3v) is 5.26. The Bertz CT molecular complexity index is 1310. The number of ether oxygens (including phenoxy) is 1. The number of fused-ring (bicyclic) bond motifs is 1. The summed E-state index contributed by atoms with van der Waals surface area (Å²) in [4.78, 5) is 30.3. The highest BCUT2D eigenvalue weighted by atomic mass is 35.5. The third kappa shape index (κ3) is 4.44. The standard InChI is InChI=1S/C24H20ClN3O3/c1-15-26-22-12-9-19(27-23(29)17-5-10-20(31-2)11-6-17)13-21(22)24(30)28(15)14-16-3-7-18(25)8-4-16/h3-13H,14H2,1-2H3,(H,27,29). The molecule has 0 radical (unpaired) electrons. The second kappa shape index (κ2) is 8.62. The number of halogens is 1. The first-order valence-corrected chi connectivity index (χ1v) is 10.0. The maximum atomic E-state index is 13.2. The van der Waals surface area contributed by atoms with Crippen LogP contribution in [-0.4, -0.2) is 22.6 Å². The topological polar surface area (TPSA) is 73.2 Å². The third-order valence-electron chi connectivity index (χ3n) is 5.01. The molecule has 1 amide bonds. The second-order valence-electron chi connectivity index (χ2n) is 7.09. The molecule has 156 valence electrons. The monoisotopic (exact) mass is 433 g/mol. The predicted molar refractivity (Wildman–Crippen MR) is 122 cm³/mol. The lowest BCUT2D eigenvalue weighted by Crippen LogP contribution is -2.24. The summed E-state index contributed by atoms with van der Waals surface area (Å²) in [6, 6.07) is 19.3. The second-order valence-corrected chi connectivity index (χ2v) is 7.53. The highest BCUT2D eigenvalue weighted by Crippen LogP contribution is 2.18. The first-order chi connectivity index (χ1) is 14.9. The van der Waals surface area contributed by atoms with E-state index in [1.54, 1.807) is 73.2 Å². The molecule has 6 nitrogen and oxygen atoms in total. The van der Waals surface area contributed by atoms with Crippen molar-refractivity contribution in [2.75, 3.05) is 12.4 Å². The fraction of sp³-hybridized carbons (Fsp3) is 0.125. The first kappa shape index (κ1) is 20.6. The minimum absolute atomic E-state index is 0.169. The summed E-state index contributed by atoms with van der Waals surface area (Å²) in [5.41, 5.74) is 2.37. The van der Waals surface area contributed by atoms with Gasteiger partial charge in [-0.2, -0.15) is 0 Å². The Morgan fingerprint density at radius 3 is 2.45 bits per heavy atom. The minimum Gasteiger partial charge on any atom is -0.497 e. The van der Waals surface area contributed by atoms with Gasteiger partial charge in [-0.25, -0.2) is 4.98 Å². The van der Waals surface area contributed by atoms with Gasteiger partial charge in [-0.05, 0) is 67.1 Å². The molecule has 7 heteroatoms. The molecule has 0 aliphatic carbocycles. The molecule has 0 aliphatic rings. The van der Waals surface area contributed by atoms with Crippen molar-refractivity contribution in [3.63, 3.8) is 0 Å². The SMILES string of the molecule is COc1ccc(C(=O)Nc2ccc3nc(C)n(Cc4ccc(Cl)cc4)c(=O)c3c2)cc1. The van der Waals surface area contributed by atoms with Crippen molar-refractivity contribution in [3.05, 3.63) is 99.1 Å². The van der Waals surface area contributed by atoms with E-state index in [1.807, 2.05) is 12.1 Å². The first-order valence-electron chi connectivity index (χ1n) is 9.65. The van der Waals surface area contributed by atoms with Crippen LogP contribution in [0.4, 0.5) is 5.69 Å². The molecular formula is C24H20ClN3O3. The predicted octanol–water partition coefficient (Wildman–Crippen LogP) is 4.67. The van der Waals surface area contributed by atoms with Crippen LogP contribution in [0.1, 0.15) is 21.7 Å². The number of hydrogen-bond donors (Lipinski definition) is 1. The number of aromatic nitrogens is 2. The summed E-state index contributed by atoms with van der Waals surface area (Å²) in [6.07, 6.45) is 0. The largest absolute Gasteiger partial charge is 0.497 e. The molecule has 1 heterocycles. The van der Waals surface area contributed by atoms with E-state index in [2.05, 4.69) is 10.3 Å². The van der Waals surface area contributed by atoms with E-state index in [-0.39, 0.29) is 11.5 Å². The van der Waals surface area contributed by atoms with Crippen LogP contribution in [0.2, 0.25) is 5.02 Å². The number of anilines is 1. The lowest BCUT2D eigenvalue weighted by Gasteiger charge is -2.12. The molecule has 1 N–H and O–H groups in total. The molecule has 0 atom stereocenters. The fourth-order valence-electron chi connectivity index (χ4n) is 3.31. The molecule has 0 fully saturated rings. The number of rotatable bonds is 5. The van der Waals surface area contributed by atoms with Gasteiger partial charge in [0.1, 0.15) is 11.6 Å². The molecule has 3 aromatic carbocycles. The summed E-state index contributed by atoms with van der Waals surface area (Å²) in [7, 11) is 1.57. The average molecular weight is 434 g/mol. The van der Waals surface area contributed by atoms with Crippen LogP contribution >= 0.6 is 11.6 Å². The van der Waals surface area contributed by atoms with Gasteiger partial charge in [-0.1, -0.05) is 23.7 Å². The summed E-state index contributed by atoms with van der Waals surface area (Å²) < 4.78 is 6.73. The molecule has 4 rings (SSSR count). The van der Waals surface area contributed by atoms with Crippen LogP contribution in [0.25, 0.3) is 10.9 Å². The number of nitrogens with zero attached hydrogens (tertiary/aromatic N) is 2. The zero-order chi connectivity index (χ0) is 22.0. The smallest absolute Gasteiger partial charge is 0.261 e. The van der Waals surface area contributed by atoms with Crippen molar-refractivity contribution in [2.45, 2.75) is 13.5 Å². The van der Waals surface area contributed by atoms with Gasteiger partial charge in [0.2, 0.25) is 0 Å². The number of aryl methyl sites for hydroxylation is 1. The van der Waals surface area contributed by atoms with Crippen LogP contribution in [0.5, 0.6) is 5.75 Å². The van der Waals surface area contributed by atoms with Crippen LogP contribution in [0.15, 0.2) is 71.5 Å². The maximum Gasteiger partial charge on any atom is 0.261 e. The van der Waals surface area contributed by atoms with Gasteiger partial charge in [0.25, 0.3) is 11.5 Å². The Morgan fingerprint density at radius 1 is 1.06 bits per heavy atom. The highest BCUT2D eigenvalue weighted by Gasteiger charge is 2.12. The van der Waals surface area contributed by atoms with E-state index in [4.69, 9.17) is 16.3 Å². The van der Waals surface area contributed by atoms with E-state index >= 15 is 0 Å². The van der Waals surface area contributed by atoms with E-state index < -0.39 is 0 Å². The molecular weight excluding hydrogens is 414 g/mol. The molecule has 0 bridgehead atoms. The number of hydrogen-bond acceptors (Lipinski definition) is 4. The Kier molecular flexibility index (Phi) is 5.73. The number of amides is 1. The average Bonchev–Trinajstić information content (AvgIpc) is 2.78. The van der Waals surface area contributed by atoms with Gasteiger partial charge in [0.15, 0.2) is 0 Å². The minimum atomic E-state index is -0.274. The van der Waals surface area contributed by atoms with Crippen molar-refractivity contribution in [1.29, 1.82) is 0 Å². The Hall–Kier alpha value is -3.64. The van der Waals surface area contributed by atoms with Crippen molar-refractivity contribution < 1.29 is 9.53 Å². The fourth-order valence-corrected chi connectivity index (χ4v) is 3.44. The van der Waals surface area contributed by atoms with E-state index in [0.29, 0.717) is 45.3 Å². The summed E-state index contributed by atoms with van der Waals surface area (Å²) in [5, 5.41) is 3.91. The Morgan fingerprint density at radius 2 is 1.77 bits per heavy atom. The number of nitrogens with one attached hydrogen (secondary N) is 1. The number of carbonyl (C=O) groups excluding carboxylic acids is 1. The zero-order valence-electron chi connectivity index (χ0n) is 17.1. The Labute approximate surface area is 184 Å². The molecule has 0 saturated carbocycles. The van der Waals surface area contributed by atoms with Crippen molar-refractivity contribution in [2.24, 2.45) is 0 Å². The lowest BCUT2D eigenvalue weighted by molar-refractivity contribution is 0.102. The van der Waals surface area contributed by atoms with Crippen LogP contribution < -0.4 is 15.6 Å². The van der Waals surface area contributed by atoms with Gasteiger partial charge >= 0.3 is 0 Å². The number of methoxy groups -OCH3 is 1. The van der Waals surface area contributed by atoms with Crippen molar-refractivity contribution in [3.8, 4) is 5.75 Å². The van der Waals surface area contributed by atoms with Crippen LogP contribution in [0.3, 0.4) is 0 Å². The van der Waals surface area contributed by atoms with Crippen LogP contribution in [-0.2, 0) is 6.54 Å². The maximum absolute atomic E-state index is 13.2. The quantitative estimate of drug-likeness (QED) is 0.496. The van der Waals surface area contributed by atoms with E-state index in [9.17, 15) is 9.59 Å². The normalized spacial score (nSPS) is 10.8. The molecule has 4 aromatic rings. The molecule has 0 unspecified atom stereocenters. The van der Waals surface area contributed by atoms with Crippen molar-refractivity contribution in [1.82, 2.24) is 9.55 Å². The van der Waals surface area contributed by atoms with Crippen LogP contribution in [0, 0.1) is 6.92 Å². The van der Waals surface area contributed by atoms with Crippen molar-refractivity contribution >= 4 is 34.1 Å². The Balaban J connectivity index is 1.65. The molecule has 0 saturated heterocycles. The van der Waals surface area contributed by atoms with Gasteiger partial charge in [0, 0.05) is 16.3 Å². The molecule has 1 aromatic heterocycles. The van der Waals surface area contributed by atoms with E-state index in [0.717, 1.165) is 5.56 Å². The summed E-state index contributed by atoms with van der Waals surface area (Å²) in [6.45, 7) is 2.18. The van der Waals surface area contributed by atoms with Gasteiger partial charge in [0.05, 0.1) is 24.6 Å². The zero-order valence-corrected chi connectivity index (χ0v) is 17.8. The molecule has 0 spiro atoms. The summed E-state index contributed by atoms with van der Waals surface area (Å²) >= 11 is 5.95. The van der Waals surface area contributed by atoms with Gasteiger partial charge < -0.3 is 10.1 Å². The molecule has 0 aliphatic heterocycles. The van der Waals surface area contributed by atoms with Gasteiger partial charge in [-0.3, -0.25) is 14.2 Å². The number of carbonyl (C=O) groups is 1. The number of benzene rings is 3. The van der Waals surface area contributed by atoms with Gasteiger partial charge in [-0.15, -0.1) is 0 Å². The lowest BCUT2D eigenvalue weighted by atomic mass is 10.1. The summed E-state index contributed by atoms with van der Waals surface area (Å²) in [5.74, 6) is 1.01. The highest BCUT2D eigenvalue weighted by molar-refractivity contribution is 6.30. The van der Waals surface area contributed by atoms with E-state index in [1.165, 1.54) is 0 Å².